The van der Waals surface area contributed by atoms with E-state index in [0.29, 0.717) is 24.2 Å². The topological polar surface area (TPSA) is 44.1 Å². The molecule has 0 aliphatic heterocycles. The molecule has 0 atom stereocenters. The summed E-state index contributed by atoms with van der Waals surface area (Å²) in [4.78, 5) is 16.4. The molecule has 0 aliphatic carbocycles. The minimum Gasteiger partial charge on any atom is -0.454 e. The molecule has 0 saturated heterocycles. The zero-order valence-electron chi connectivity index (χ0n) is 14.0. The van der Waals surface area contributed by atoms with E-state index < -0.39 is 5.97 Å². The zero-order valence-corrected chi connectivity index (χ0v) is 14.0. The van der Waals surface area contributed by atoms with E-state index in [4.69, 9.17) is 4.74 Å². The lowest BCUT2D eigenvalue weighted by Crippen LogP contribution is -2.10. The fourth-order valence-electron chi connectivity index (χ4n) is 2.43. The van der Waals surface area contributed by atoms with Gasteiger partial charge in [-0.1, -0.05) is 36.9 Å². The number of nitrogens with zero attached hydrogens (tertiary/aromatic N) is 2. The van der Waals surface area contributed by atoms with Crippen molar-refractivity contribution >= 4 is 5.97 Å². The number of hydrogen-bond donors (Lipinski definition) is 0. The molecule has 1 aromatic heterocycles. The van der Waals surface area contributed by atoms with Crippen LogP contribution in [0.2, 0.25) is 0 Å². The molecule has 2 aromatic rings. The van der Waals surface area contributed by atoms with Gasteiger partial charge >= 0.3 is 5.97 Å². The summed E-state index contributed by atoms with van der Waals surface area (Å²) in [6, 6.07) is 9.87. The van der Waals surface area contributed by atoms with Gasteiger partial charge in [-0.05, 0) is 19.1 Å². The Kier molecular flexibility index (Phi) is 5.90. The Morgan fingerprint density at radius 3 is 2.46 bits per heavy atom. The van der Waals surface area contributed by atoms with Crippen LogP contribution >= 0.6 is 0 Å². The maximum atomic E-state index is 11.7. The summed E-state index contributed by atoms with van der Waals surface area (Å²) in [6.45, 7) is 12.9. The Hall–Kier alpha value is -2.88. The molecule has 0 radical (unpaired) electrons. The molecule has 0 amide bonds. The van der Waals surface area contributed by atoms with Gasteiger partial charge in [-0.3, -0.25) is 4.57 Å². The first kappa shape index (κ1) is 17.5. The fourth-order valence-corrected chi connectivity index (χ4v) is 2.43. The SMILES string of the molecule is C=CCc1nc(COC(=O)C(=C)C)n(-c2ccccc2)c1CC=C. The number of rotatable bonds is 8. The first-order valence-corrected chi connectivity index (χ1v) is 7.77. The van der Waals surface area contributed by atoms with Crippen LogP contribution in [0.4, 0.5) is 0 Å². The van der Waals surface area contributed by atoms with Crippen LogP contribution in [-0.4, -0.2) is 15.5 Å². The molecule has 124 valence electrons. The van der Waals surface area contributed by atoms with Crippen LogP contribution in [0.5, 0.6) is 0 Å². The number of para-hydroxylation sites is 1. The average molecular weight is 322 g/mol. The van der Waals surface area contributed by atoms with Gasteiger partial charge in [0.05, 0.1) is 11.4 Å². The number of imidazole rings is 1. The number of carbonyl (C=O) groups excluding carboxylic acids is 1. The van der Waals surface area contributed by atoms with Crippen molar-refractivity contribution in [3.8, 4) is 5.69 Å². The highest BCUT2D eigenvalue weighted by atomic mass is 16.5. The van der Waals surface area contributed by atoms with Crippen molar-refractivity contribution in [2.75, 3.05) is 0 Å². The Morgan fingerprint density at radius 2 is 1.88 bits per heavy atom. The molecule has 0 bridgehead atoms. The quantitative estimate of drug-likeness (QED) is 0.420. The molecular weight excluding hydrogens is 300 g/mol. The third-order valence-electron chi connectivity index (χ3n) is 3.50. The summed E-state index contributed by atoms with van der Waals surface area (Å²) in [5, 5.41) is 0. The van der Waals surface area contributed by atoms with Crippen LogP contribution < -0.4 is 0 Å². The van der Waals surface area contributed by atoms with Gasteiger partial charge in [0.15, 0.2) is 5.82 Å². The second-order valence-electron chi connectivity index (χ2n) is 5.43. The lowest BCUT2D eigenvalue weighted by molar-refractivity contribution is -0.140. The van der Waals surface area contributed by atoms with E-state index in [2.05, 4.69) is 24.7 Å². The fraction of sp³-hybridized carbons (Fsp3) is 0.200. The van der Waals surface area contributed by atoms with Crippen LogP contribution in [-0.2, 0) is 29.0 Å². The van der Waals surface area contributed by atoms with Crippen LogP contribution in [0.1, 0.15) is 24.1 Å². The molecule has 0 fully saturated rings. The van der Waals surface area contributed by atoms with Crippen LogP contribution in [0.15, 0.2) is 67.8 Å². The first-order valence-electron chi connectivity index (χ1n) is 7.77. The maximum absolute atomic E-state index is 11.7. The molecule has 24 heavy (non-hydrogen) atoms. The van der Waals surface area contributed by atoms with Gasteiger partial charge in [-0.25, -0.2) is 9.78 Å². The lowest BCUT2D eigenvalue weighted by atomic mass is 10.2. The number of carbonyl (C=O) groups is 1. The molecule has 0 aliphatic rings. The summed E-state index contributed by atoms with van der Waals surface area (Å²) in [5.74, 6) is 0.248. The molecule has 2 rings (SSSR count). The summed E-state index contributed by atoms with van der Waals surface area (Å²) < 4.78 is 7.32. The average Bonchev–Trinajstić information content (AvgIpc) is 2.91. The normalized spacial score (nSPS) is 10.2. The van der Waals surface area contributed by atoms with Gasteiger partial charge in [0.1, 0.15) is 6.61 Å². The Labute approximate surface area is 142 Å². The third kappa shape index (κ3) is 3.90. The maximum Gasteiger partial charge on any atom is 0.333 e. The molecular formula is C20H22N2O2. The molecule has 4 nitrogen and oxygen atoms in total. The first-order chi connectivity index (χ1) is 11.6. The minimum absolute atomic E-state index is 0.0852. The number of aromatic nitrogens is 2. The largest absolute Gasteiger partial charge is 0.454 e. The summed E-state index contributed by atoms with van der Waals surface area (Å²) in [7, 11) is 0. The highest BCUT2D eigenvalue weighted by Gasteiger charge is 2.18. The van der Waals surface area contributed by atoms with Crippen LogP contribution in [0, 0.1) is 0 Å². The van der Waals surface area contributed by atoms with Crippen molar-refractivity contribution in [3.63, 3.8) is 0 Å². The molecule has 4 heteroatoms. The molecule has 0 unspecified atom stereocenters. The monoisotopic (exact) mass is 322 g/mol. The van der Waals surface area contributed by atoms with Gasteiger partial charge < -0.3 is 4.74 Å². The number of ether oxygens (including phenoxy) is 1. The second-order valence-corrected chi connectivity index (χ2v) is 5.43. The van der Waals surface area contributed by atoms with E-state index >= 15 is 0 Å². The molecule has 0 saturated carbocycles. The van der Waals surface area contributed by atoms with Crippen molar-refractivity contribution in [1.29, 1.82) is 0 Å². The molecule has 1 heterocycles. The van der Waals surface area contributed by atoms with Gasteiger partial charge in [0.25, 0.3) is 0 Å². The standard InChI is InChI=1S/C20H22N2O2/c1-5-10-17-18(11-6-2)22(16-12-8-7-9-13-16)19(21-17)14-24-20(23)15(3)4/h5-9,12-13H,1-3,10-11,14H2,4H3. The molecule has 1 aromatic carbocycles. The number of hydrogen-bond acceptors (Lipinski definition) is 3. The summed E-state index contributed by atoms with van der Waals surface area (Å²) >= 11 is 0. The highest BCUT2D eigenvalue weighted by molar-refractivity contribution is 5.86. The van der Waals surface area contributed by atoms with Gasteiger partial charge in [0, 0.05) is 24.1 Å². The lowest BCUT2D eigenvalue weighted by Gasteiger charge is -2.12. The Bertz CT molecular complexity index is 757. The Morgan fingerprint density at radius 1 is 1.21 bits per heavy atom. The Balaban J connectivity index is 2.49. The van der Waals surface area contributed by atoms with Crippen molar-refractivity contribution in [3.05, 3.63) is 85.0 Å². The number of esters is 1. The number of allylic oxidation sites excluding steroid dienone is 2. The van der Waals surface area contributed by atoms with Crippen LogP contribution in [0.3, 0.4) is 0 Å². The van der Waals surface area contributed by atoms with Gasteiger partial charge in [-0.2, -0.15) is 0 Å². The van der Waals surface area contributed by atoms with E-state index in [-0.39, 0.29) is 6.61 Å². The smallest absolute Gasteiger partial charge is 0.333 e. The summed E-state index contributed by atoms with van der Waals surface area (Å²) in [6.07, 6.45) is 4.96. The predicted octanol–water partition coefficient (Wildman–Crippen LogP) is 3.95. The third-order valence-corrected chi connectivity index (χ3v) is 3.50. The van der Waals surface area contributed by atoms with Crippen LogP contribution in [0.25, 0.3) is 5.69 Å². The number of benzene rings is 1. The predicted molar refractivity (Wildman–Crippen MR) is 96.0 cm³/mol. The van der Waals surface area contributed by atoms with E-state index in [1.54, 1.807) is 6.92 Å². The zero-order chi connectivity index (χ0) is 17.5. The highest BCUT2D eigenvalue weighted by Crippen LogP contribution is 2.21. The van der Waals surface area contributed by atoms with Crippen molar-refractivity contribution in [2.24, 2.45) is 0 Å². The van der Waals surface area contributed by atoms with E-state index in [1.807, 2.05) is 47.1 Å². The van der Waals surface area contributed by atoms with Crippen molar-refractivity contribution in [1.82, 2.24) is 9.55 Å². The summed E-state index contributed by atoms with van der Waals surface area (Å²) in [5.41, 5.74) is 3.27. The molecule has 0 spiro atoms. The van der Waals surface area contributed by atoms with E-state index in [1.165, 1.54) is 0 Å². The van der Waals surface area contributed by atoms with E-state index in [0.717, 1.165) is 17.1 Å². The second kappa shape index (κ2) is 8.11. The van der Waals surface area contributed by atoms with E-state index in [9.17, 15) is 4.79 Å². The van der Waals surface area contributed by atoms with Gasteiger partial charge in [0.2, 0.25) is 0 Å². The molecule has 0 N–H and O–H groups in total. The van der Waals surface area contributed by atoms with Crippen molar-refractivity contribution in [2.45, 2.75) is 26.4 Å². The van der Waals surface area contributed by atoms with Gasteiger partial charge in [-0.15, -0.1) is 13.2 Å². The minimum atomic E-state index is -0.423. The van der Waals surface area contributed by atoms with Crippen molar-refractivity contribution < 1.29 is 9.53 Å².